The van der Waals surface area contributed by atoms with Gasteiger partial charge in [-0.25, -0.2) is 8.78 Å². The lowest BCUT2D eigenvalue weighted by molar-refractivity contribution is -0.130. The maximum Gasteiger partial charge on any atom is 0.233 e. The largest absolute Gasteiger partial charge is 0.512 e. The number of halogens is 2. The number of amides is 1. The van der Waals surface area contributed by atoms with E-state index in [1.165, 1.54) is 24.3 Å². The van der Waals surface area contributed by atoms with Gasteiger partial charge in [0, 0.05) is 12.1 Å². The summed E-state index contributed by atoms with van der Waals surface area (Å²) in [5, 5.41) is 10.6. The Kier molecular flexibility index (Phi) is 7.17. The van der Waals surface area contributed by atoms with Crippen molar-refractivity contribution >= 4 is 11.6 Å². The van der Waals surface area contributed by atoms with E-state index in [4.69, 9.17) is 4.74 Å². The second-order valence-electron chi connectivity index (χ2n) is 9.22. The van der Waals surface area contributed by atoms with Crippen LogP contribution < -0.4 is 9.64 Å². The van der Waals surface area contributed by atoms with Gasteiger partial charge in [-0.05, 0) is 78.1 Å². The van der Waals surface area contributed by atoms with Crippen LogP contribution >= 0.6 is 0 Å². The molecule has 1 saturated heterocycles. The first kappa shape index (κ1) is 24.5. The fourth-order valence-electron chi connectivity index (χ4n) is 4.79. The first-order chi connectivity index (χ1) is 18.0. The number of benzene rings is 3. The highest BCUT2D eigenvalue weighted by Gasteiger charge is 2.48. The summed E-state index contributed by atoms with van der Waals surface area (Å²) < 4.78 is 32.7. The van der Waals surface area contributed by atoms with Crippen molar-refractivity contribution in [3.8, 4) is 5.75 Å². The molecule has 0 radical (unpaired) electrons. The van der Waals surface area contributed by atoms with Gasteiger partial charge in [-0.3, -0.25) is 4.79 Å². The van der Waals surface area contributed by atoms with Crippen LogP contribution in [0.1, 0.15) is 36.4 Å². The fourth-order valence-corrected chi connectivity index (χ4v) is 4.79. The second kappa shape index (κ2) is 10.8. The minimum atomic E-state index is -0.368. The molecule has 0 saturated carbocycles. The zero-order chi connectivity index (χ0) is 25.8. The van der Waals surface area contributed by atoms with Crippen LogP contribution in [0.2, 0.25) is 0 Å². The zero-order valence-corrected chi connectivity index (χ0v) is 20.2. The van der Waals surface area contributed by atoms with Crippen molar-refractivity contribution in [1.29, 1.82) is 0 Å². The van der Waals surface area contributed by atoms with Crippen LogP contribution in [0.5, 0.6) is 5.75 Å². The van der Waals surface area contributed by atoms with Gasteiger partial charge in [0.25, 0.3) is 0 Å². The Morgan fingerprint density at radius 2 is 1.68 bits per heavy atom. The van der Waals surface area contributed by atoms with Gasteiger partial charge in [-0.2, -0.15) is 0 Å². The highest BCUT2D eigenvalue weighted by Crippen LogP contribution is 2.46. The van der Waals surface area contributed by atoms with Crippen molar-refractivity contribution in [2.75, 3.05) is 4.90 Å². The number of aliphatic hydroxyl groups is 1. The Morgan fingerprint density at radius 1 is 0.946 bits per heavy atom. The molecule has 6 heteroatoms. The maximum absolute atomic E-state index is 13.5. The average molecular weight is 500 g/mol. The third-order valence-electron chi connectivity index (χ3n) is 6.81. The Bertz CT molecular complexity index is 1350. The van der Waals surface area contributed by atoms with Gasteiger partial charge in [0.05, 0.1) is 17.7 Å². The van der Waals surface area contributed by atoms with Gasteiger partial charge in [-0.1, -0.05) is 48.5 Å². The van der Waals surface area contributed by atoms with Crippen molar-refractivity contribution < 1.29 is 23.4 Å². The summed E-state index contributed by atoms with van der Waals surface area (Å²) >= 11 is 0. The average Bonchev–Trinajstić information content (AvgIpc) is 2.93. The second-order valence-corrected chi connectivity index (χ2v) is 9.22. The molecular weight excluding hydrogens is 472 g/mol. The minimum absolute atomic E-state index is 0.0797. The van der Waals surface area contributed by atoms with E-state index < -0.39 is 0 Å². The lowest BCUT2D eigenvalue weighted by atomic mass is 9.78. The number of β-lactam (4-membered cyclic amide) rings is 1. The van der Waals surface area contributed by atoms with E-state index >= 15 is 0 Å². The van der Waals surface area contributed by atoms with Crippen LogP contribution in [-0.2, 0) is 11.4 Å². The summed E-state index contributed by atoms with van der Waals surface area (Å²) in [6.45, 7) is 0.452. The quantitative estimate of drug-likeness (QED) is 0.258. The molecule has 1 heterocycles. The molecule has 3 aromatic rings. The third kappa shape index (κ3) is 5.48. The van der Waals surface area contributed by atoms with E-state index in [0.29, 0.717) is 37.1 Å². The Labute approximate surface area is 214 Å². The normalized spacial score (nSPS) is 20.3. The standard InChI is InChI=1S/C31H27F2NO3/c32-24-10-6-22(7-11-24)29(35)19-18-28-30(34(31(28)36)26-14-12-25(33)13-15-26)23-8-16-27(17-9-23)37-20-21-4-2-1-3-5-21/h1-6,8-17,28,30,35H,7,18-20H2/b29-22+/t28-,30-/m1/s1. The van der Waals surface area contributed by atoms with Crippen LogP contribution in [0.3, 0.4) is 0 Å². The monoisotopic (exact) mass is 499 g/mol. The van der Waals surface area contributed by atoms with E-state index in [1.54, 1.807) is 23.1 Å². The molecule has 2 atom stereocenters. The minimum Gasteiger partial charge on any atom is -0.512 e. The topological polar surface area (TPSA) is 49.8 Å². The molecule has 1 amide bonds. The Balaban J connectivity index is 1.33. The third-order valence-corrected chi connectivity index (χ3v) is 6.81. The number of anilines is 1. The van der Waals surface area contributed by atoms with Crippen molar-refractivity contribution in [2.24, 2.45) is 5.92 Å². The summed E-state index contributed by atoms with van der Waals surface area (Å²) in [7, 11) is 0. The van der Waals surface area contributed by atoms with Crippen LogP contribution in [0.4, 0.5) is 14.5 Å². The van der Waals surface area contributed by atoms with E-state index in [2.05, 4.69) is 0 Å². The Hall–Kier alpha value is -4.19. The zero-order valence-electron chi connectivity index (χ0n) is 20.2. The van der Waals surface area contributed by atoms with Gasteiger partial charge in [-0.15, -0.1) is 0 Å². The first-order valence-electron chi connectivity index (χ1n) is 12.3. The van der Waals surface area contributed by atoms with Crippen molar-refractivity contribution in [1.82, 2.24) is 0 Å². The summed E-state index contributed by atoms with van der Waals surface area (Å²) in [5.41, 5.74) is 3.27. The van der Waals surface area contributed by atoms with E-state index in [1.807, 2.05) is 54.6 Å². The molecule has 0 bridgehead atoms. The van der Waals surface area contributed by atoms with Gasteiger partial charge in [0.15, 0.2) is 0 Å². The highest BCUT2D eigenvalue weighted by atomic mass is 19.1. The van der Waals surface area contributed by atoms with Crippen molar-refractivity contribution in [3.63, 3.8) is 0 Å². The number of hydrogen-bond donors (Lipinski definition) is 1. The molecule has 3 aromatic carbocycles. The predicted molar refractivity (Wildman–Crippen MR) is 139 cm³/mol. The predicted octanol–water partition coefficient (Wildman–Crippen LogP) is 7.51. The number of nitrogens with zero attached hydrogens (tertiary/aromatic N) is 1. The molecule has 5 rings (SSSR count). The molecule has 1 aliphatic carbocycles. The molecule has 1 fully saturated rings. The van der Waals surface area contributed by atoms with Crippen LogP contribution in [0.15, 0.2) is 114 Å². The summed E-state index contributed by atoms with van der Waals surface area (Å²) in [6.07, 6.45) is 5.37. The van der Waals surface area contributed by atoms with E-state index in [-0.39, 0.29) is 35.3 Å². The number of carbonyl (C=O) groups is 1. The number of carbonyl (C=O) groups excluding carboxylic acids is 1. The molecule has 2 aliphatic rings. The van der Waals surface area contributed by atoms with Crippen LogP contribution in [0, 0.1) is 11.7 Å². The van der Waals surface area contributed by atoms with Gasteiger partial charge in [0.1, 0.15) is 24.0 Å². The van der Waals surface area contributed by atoms with Crippen LogP contribution in [0.25, 0.3) is 0 Å². The molecule has 0 aromatic heterocycles. The summed E-state index contributed by atoms with van der Waals surface area (Å²) in [6, 6.07) is 23.1. The number of ether oxygens (including phenoxy) is 1. The summed E-state index contributed by atoms with van der Waals surface area (Å²) in [4.78, 5) is 14.9. The lowest BCUT2D eigenvalue weighted by Gasteiger charge is -2.47. The Morgan fingerprint density at radius 3 is 2.35 bits per heavy atom. The number of allylic oxidation sites excluding steroid dienone is 6. The molecule has 37 heavy (non-hydrogen) atoms. The molecular formula is C31H27F2NO3. The molecule has 1 aliphatic heterocycles. The lowest BCUT2D eigenvalue weighted by Crippen LogP contribution is -2.55. The molecule has 188 valence electrons. The van der Waals surface area contributed by atoms with Crippen LogP contribution in [-0.4, -0.2) is 11.0 Å². The molecule has 1 N–H and O–H groups in total. The molecule has 0 spiro atoms. The number of rotatable bonds is 8. The smallest absolute Gasteiger partial charge is 0.233 e. The van der Waals surface area contributed by atoms with Crippen molar-refractivity contribution in [2.45, 2.75) is 31.9 Å². The van der Waals surface area contributed by atoms with Gasteiger partial charge in [0.2, 0.25) is 5.91 Å². The fraction of sp³-hybridized carbons (Fsp3) is 0.194. The van der Waals surface area contributed by atoms with Crippen molar-refractivity contribution in [3.05, 3.63) is 131 Å². The summed E-state index contributed by atoms with van der Waals surface area (Å²) in [5.74, 6) is -0.247. The van der Waals surface area contributed by atoms with Gasteiger partial charge < -0.3 is 14.7 Å². The number of aliphatic hydroxyl groups excluding tert-OH is 1. The molecule has 4 nitrogen and oxygen atoms in total. The van der Waals surface area contributed by atoms with Gasteiger partial charge >= 0.3 is 0 Å². The first-order valence-corrected chi connectivity index (χ1v) is 12.3. The number of hydrogen-bond acceptors (Lipinski definition) is 3. The van der Waals surface area contributed by atoms with E-state index in [0.717, 1.165) is 16.9 Å². The van der Waals surface area contributed by atoms with E-state index in [9.17, 15) is 18.7 Å². The maximum atomic E-state index is 13.5. The molecule has 0 unspecified atom stereocenters. The highest BCUT2D eigenvalue weighted by molar-refractivity contribution is 6.03. The SMILES string of the molecule is O=C1[C@H](CC/C(O)=C2/C=CC(F)=CC2)[C@@H](c2ccc(OCc3ccccc3)cc2)N1c1ccc(F)cc1.